The number of hydrogen-bond acceptors (Lipinski definition) is 3. The van der Waals surface area contributed by atoms with Crippen molar-refractivity contribution in [1.82, 2.24) is 5.32 Å². The highest BCUT2D eigenvalue weighted by Gasteiger charge is 2.29. The molecule has 2 N–H and O–H groups in total. The summed E-state index contributed by atoms with van der Waals surface area (Å²) in [4.78, 5) is 23.4. The van der Waals surface area contributed by atoms with Crippen LogP contribution in [0.1, 0.15) is 24.2 Å². The van der Waals surface area contributed by atoms with E-state index in [1.807, 2.05) is 0 Å². The maximum Gasteiger partial charge on any atom is 0.411 e. The van der Waals surface area contributed by atoms with Gasteiger partial charge in [0.05, 0.1) is 0 Å². The van der Waals surface area contributed by atoms with Gasteiger partial charge in [-0.2, -0.15) is 13.2 Å². The van der Waals surface area contributed by atoms with Crippen LogP contribution in [0.15, 0.2) is 24.3 Å². The van der Waals surface area contributed by atoms with E-state index in [4.69, 9.17) is 0 Å². The molecular formula is C14H17F3N2O3. The Balaban J connectivity index is 2.64. The molecule has 8 heteroatoms. The van der Waals surface area contributed by atoms with E-state index in [0.717, 1.165) is 0 Å². The summed E-state index contributed by atoms with van der Waals surface area (Å²) in [6.45, 7) is 1.94. The molecule has 0 saturated heterocycles. The summed E-state index contributed by atoms with van der Waals surface area (Å²) >= 11 is 0. The minimum atomic E-state index is -4.49. The lowest BCUT2D eigenvalue weighted by Crippen LogP contribution is -2.31. The first-order valence-corrected chi connectivity index (χ1v) is 6.60. The summed E-state index contributed by atoms with van der Waals surface area (Å²) in [5.74, 6) is -1.03. The van der Waals surface area contributed by atoms with Crippen LogP contribution in [0.2, 0.25) is 0 Å². The fraction of sp³-hybridized carbons (Fsp3) is 0.429. The first-order chi connectivity index (χ1) is 10.2. The fourth-order valence-electron chi connectivity index (χ4n) is 1.54. The monoisotopic (exact) mass is 318 g/mol. The molecule has 0 spiro atoms. The van der Waals surface area contributed by atoms with E-state index in [1.54, 1.807) is 19.1 Å². The number of carbonyl (C=O) groups excluding carboxylic acids is 2. The second-order valence-corrected chi connectivity index (χ2v) is 4.50. The lowest BCUT2D eigenvalue weighted by molar-refractivity contribution is -0.184. The molecular weight excluding hydrogens is 301 g/mol. The molecule has 1 unspecified atom stereocenters. The molecule has 1 rings (SSSR count). The first kappa shape index (κ1) is 18.0. The highest BCUT2D eigenvalue weighted by Crippen LogP contribution is 2.16. The SMILES string of the molecule is CCNC(=O)c1cccc(NC(=O)C(C)OCC(F)(F)F)c1. The Hall–Kier alpha value is -2.09. The predicted molar refractivity (Wildman–Crippen MR) is 74.5 cm³/mol. The van der Waals surface area contributed by atoms with Crippen LogP contribution in [0.5, 0.6) is 0 Å². The molecule has 122 valence electrons. The fourth-order valence-corrected chi connectivity index (χ4v) is 1.54. The predicted octanol–water partition coefficient (Wildman–Crippen LogP) is 2.34. The van der Waals surface area contributed by atoms with Gasteiger partial charge in [-0.15, -0.1) is 0 Å². The van der Waals surface area contributed by atoms with Crippen LogP contribution in [0.4, 0.5) is 18.9 Å². The van der Waals surface area contributed by atoms with E-state index < -0.39 is 24.8 Å². The topological polar surface area (TPSA) is 67.4 Å². The number of ether oxygens (including phenoxy) is 1. The Morgan fingerprint density at radius 3 is 2.59 bits per heavy atom. The average Bonchev–Trinajstić information content (AvgIpc) is 2.44. The summed E-state index contributed by atoms with van der Waals surface area (Å²) < 4.78 is 40.5. The van der Waals surface area contributed by atoms with E-state index in [0.29, 0.717) is 17.8 Å². The molecule has 0 fully saturated rings. The summed E-state index contributed by atoms with van der Waals surface area (Å²) in [6.07, 6.45) is -5.76. The molecule has 1 aromatic carbocycles. The summed E-state index contributed by atoms with van der Waals surface area (Å²) in [5, 5.41) is 5.00. The van der Waals surface area contributed by atoms with Crippen molar-refractivity contribution in [3.63, 3.8) is 0 Å². The first-order valence-electron chi connectivity index (χ1n) is 6.60. The van der Waals surface area contributed by atoms with Crippen LogP contribution in [0.3, 0.4) is 0 Å². The second kappa shape index (κ2) is 7.79. The van der Waals surface area contributed by atoms with Crippen LogP contribution in [0.25, 0.3) is 0 Å². The second-order valence-electron chi connectivity index (χ2n) is 4.50. The number of halogens is 3. The van der Waals surface area contributed by atoms with Gasteiger partial charge in [0.25, 0.3) is 11.8 Å². The zero-order chi connectivity index (χ0) is 16.8. The Bertz CT molecular complexity index is 532. The van der Waals surface area contributed by atoms with Gasteiger partial charge in [-0.25, -0.2) is 0 Å². The number of carbonyl (C=O) groups is 2. The number of nitrogens with one attached hydrogen (secondary N) is 2. The molecule has 2 amide bonds. The number of amides is 2. The van der Waals surface area contributed by atoms with Gasteiger partial charge in [0.1, 0.15) is 12.7 Å². The van der Waals surface area contributed by atoms with E-state index in [2.05, 4.69) is 15.4 Å². The van der Waals surface area contributed by atoms with Crippen LogP contribution < -0.4 is 10.6 Å². The Morgan fingerprint density at radius 1 is 1.32 bits per heavy atom. The van der Waals surface area contributed by atoms with Crippen LogP contribution in [-0.2, 0) is 9.53 Å². The molecule has 22 heavy (non-hydrogen) atoms. The molecule has 0 heterocycles. The van der Waals surface area contributed by atoms with Crippen molar-refractivity contribution < 1.29 is 27.5 Å². The molecule has 5 nitrogen and oxygen atoms in total. The molecule has 0 aliphatic rings. The number of anilines is 1. The Morgan fingerprint density at radius 2 is 2.00 bits per heavy atom. The zero-order valence-electron chi connectivity index (χ0n) is 12.2. The lowest BCUT2D eigenvalue weighted by Gasteiger charge is -2.15. The van der Waals surface area contributed by atoms with E-state index >= 15 is 0 Å². The van der Waals surface area contributed by atoms with Crippen molar-refractivity contribution in [1.29, 1.82) is 0 Å². The van der Waals surface area contributed by atoms with Gasteiger partial charge >= 0.3 is 6.18 Å². The minimum Gasteiger partial charge on any atom is -0.359 e. The third kappa shape index (κ3) is 6.13. The van der Waals surface area contributed by atoms with Crippen molar-refractivity contribution in [2.75, 3.05) is 18.5 Å². The maximum atomic E-state index is 12.0. The van der Waals surface area contributed by atoms with Gasteiger partial charge in [0, 0.05) is 17.8 Å². The van der Waals surface area contributed by atoms with Crippen molar-refractivity contribution >= 4 is 17.5 Å². The standard InChI is InChI=1S/C14H17F3N2O3/c1-3-18-13(21)10-5-4-6-11(7-10)19-12(20)9(2)22-8-14(15,16)17/h4-7,9H,3,8H2,1-2H3,(H,18,21)(H,19,20). The molecule has 1 aromatic rings. The van der Waals surface area contributed by atoms with Gasteiger partial charge in [0.2, 0.25) is 0 Å². The normalized spacial score (nSPS) is 12.6. The van der Waals surface area contributed by atoms with Crippen molar-refractivity contribution in [2.24, 2.45) is 0 Å². The highest BCUT2D eigenvalue weighted by molar-refractivity contribution is 5.98. The summed E-state index contributed by atoms with van der Waals surface area (Å²) in [7, 11) is 0. The molecule has 0 saturated carbocycles. The van der Waals surface area contributed by atoms with Crippen LogP contribution in [-0.4, -0.2) is 37.2 Å². The summed E-state index contributed by atoms with van der Waals surface area (Å²) in [6, 6.07) is 6.07. The molecule has 0 radical (unpaired) electrons. The maximum absolute atomic E-state index is 12.0. The molecule has 0 aliphatic heterocycles. The van der Waals surface area contributed by atoms with Crippen LogP contribution in [0, 0.1) is 0 Å². The Labute approximate surface area is 125 Å². The third-order valence-electron chi connectivity index (χ3n) is 2.60. The van der Waals surface area contributed by atoms with E-state index in [1.165, 1.54) is 19.1 Å². The quantitative estimate of drug-likeness (QED) is 0.846. The van der Waals surface area contributed by atoms with E-state index in [9.17, 15) is 22.8 Å². The average molecular weight is 318 g/mol. The zero-order valence-corrected chi connectivity index (χ0v) is 12.2. The van der Waals surface area contributed by atoms with Gasteiger partial charge in [-0.1, -0.05) is 6.07 Å². The summed E-state index contributed by atoms with van der Waals surface area (Å²) in [5.41, 5.74) is 0.639. The lowest BCUT2D eigenvalue weighted by atomic mass is 10.2. The number of alkyl halides is 3. The van der Waals surface area contributed by atoms with Gasteiger partial charge < -0.3 is 15.4 Å². The smallest absolute Gasteiger partial charge is 0.359 e. The van der Waals surface area contributed by atoms with E-state index in [-0.39, 0.29) is 5.91 Å². The third-order valence-corrected chi connectivity index (χ3v) is 2.60. The number of hydrogen-bond donors (Lipinski definition) is 2. The van der Waals surface area contributed by atoms with Crippen molar-refractivity contribution in [3.05, 3.63) is 29.8 Å². The number of benzene rings is 1. The highest BCUT2D eigenvalue weighted by atomic mass is 19.4. The molecule has 0 aliphatic carbocycles. The van der Waals surface area contributed by atoms with Crippen molar-refractivity contribution in [3.8, 4) is 0 Å². The Kier molecular flexibility index (Phi) is 6.36. The number of rotatable bonds is 6. The molecule has 0 bridgehead atoms. The molecule has 1 atom stereocenters. The van der Waals surface area contributed by atoms with Gasteiger partial charge in [-0.05, 0) is 32.0 Å². The van der Waals surface area contributed by atoms with Crippen molar-refractivity contribution in [2.45, 2.75) is 26.1 Å². The van der Waals surface area contributed by atoms with Gasteiger partial charge in [-0.3, -0.25) is 9.59 Å². The molecule has 0 aromatic heterocycles. The van der Waals surface area contributed by atoms with Gasteiger partial charge in [0.15, 0.2) is 0 Å². The minimum absolute atomic E-state index is 0.302. The largest absolute Gasteiger partial charge is 0.411 e. The van der Waals surface area contributed by atoms with Crippen LogP contribution >= 0.6 is 0 Å².